The van der Waals surface area contributed by atoms with Crippen LogP contribution in [0.25, 0.3) is 0 Å². The van der Waals surface area contributed by atoms with Crippen LogP contribution in [0, 0.1) is 5.92 Å². The number of piperidine rings is 1. The van der Waals surface area contributed by atoms with E-state index in [4.69, 9.17) is 4.74 Å². The average molecular weight is 364 g/mol. The number of ether oxygens (including phenoxy) is 1. The summed E-state index contributed by atoms with van der Waals surface area (Å²) in [5.74, 6) is 1.43. The number of carbonyl (C=O) groups is 1. The topological polar surface area (TPSA) is 65.0 Å². The summed E-state index contributed by atoms with van der Waals surface area (Å²) in [7, 11) is 3.46. The summed E-state index contributed by atoms with van der Waals surface area (Å²) in [5, 5.41) is 12.3. The molecular formula is C20H33N3O3. The molecule has 2 N–H and O–H groups in total. The smallest absolute Gasteiger partial charge is 0.317 e. The molecule has 6 nitrogen and oxygen atoms in total. The molecule has 1 aromatic carbocycles. The molecule has 1 unspecified atom stereocenters. The van der Waals surface area contributed by atoms with Gasteiger partial charge in [-0.15, -0.1) is 0 Å². The molecule has 0 radical (unpaired) electrons. The summed E-state index contributed by atoms with van der Waals surface area (Å²) in [4.78, 5) is 16.2. The molecule has 0 aliphatic carbocycles. The van der Waals surface area contributed by atoms with Gasteiger partial charge in [-0.3, -0.25) is 4.90 Å². The highest BCUT2D eigenvalue weighted by Crippen LogP contribution is 2.19. The van der Waals surface area contributed by atoms with Crippen molar-refractivity contribution in [2.45, 2.75) is 38.8 Å². The van der Waals surface area contributed by atoms with E-state index in [1.807, 2.05) is 12.1 Å². The van der Waals surface area contributed by atoms with Crippen LogP contribution >= 0.6 is 0 Å². The summed E-state index contributed by atoms with van der Waals surface area (Å²) >= 11 is 0. The molecule has 1 aliphatic heterocycles. The molecule has 0 saturated carbocycles. The number of urea groups is 1. The summed E-state index contributed by atoms with van der Waals surface area (Å²) in [6.07, 6.45) is 2.44. The van der Waals surface area contributed by atoms with Crippen molar-refractivity contribution < 1.29 is 14.6 Å². The van der Waals surface area contributed by atoms with E-state index in [2.05, 4.69) is 22.3 Å². The minimum absolute atomic E-state index is 0.0497. The Kier molecular flexibility index (Phi) is 8.19. The second-order valence-electron chi connectivity index (χ2n) is 7.31. The maximum atomic E-state index is 12.1. The van der Waals surface area contributed by atoms with Gasteiger partial charge in [0.05, 0.1) is 13.2 Å². The first-order valence-electron chi connectivity index (χ1n) is 9.50. The number of rotatable bonds is 8. The number of hydrogen-bond acceptors (Lipinski definition) is 4. The zero-order valence-corrected chi connectivity index (χ0v) is 16.3. The lowest BCUT2D eigenvalue weighted by molar-refractivity contribution is 0.158. The molecule has 1 aromatic rings. The normalized spacial score (nSPS) is 16.9. The van der Waals surface area contributed by atoms with Gasteiger partial charge in [-0.2, -0.15) is 0 Å². The van der Waals surface area contributed by atoms with E-state index >= 15 is 0 Å². The largest absolute Gasteiger partial charge is 0.497 e. The number of methoxy groups -OCH3 is 1. The standard InChI is InChI=1S/C20H33N3O3/c1-16(24)8-11-22(2)20(25)21-14-17-9-12-23(13-10-17)15-18-4-6-19(26-3)7-5-18/h4-7,16-17,24H,8-15H2,1-3H3,(H,21,25). The van der Waals surface area contributed by atoms with Crippen molar-refractivity contribution in [2.24, 2.45) is 5.92 Å². The van der Waals surface area contributed by atoms with Crippen molar-refractivity contribution in [2.75, 3.05) is 40.3 Å². The van der Waals surface area contributed by atoms with Crippen molar-refractivity contribution in [1.29, 1.82) is 0 Å². The number of hydrogen-bond donors (Lipinski definition) is 2. The fourth-order valence-corrected chi connectivity index (χ4v) is 3.19. The third-order valence-electron chi connectivity index (χ3n) is 5.04. The van der Waals surface area contributed by atoms with Crippen LogP contribution < -0.4 is 10.1 Å². The Labute approximate surface area is 157 Å². The van der Waals surface area contributed by atoms with Crippen molar-refractivity contribution >= 4 is 6.03 Å². The van der Waals surface area contributed by atoms with Crippen LogP contribution in [-0.2, 0) is 6.54 Å². The van der Waals surface area contributed by atoms with Gasteiger partial charge in [0.15, 0.2) is 0 Å². The average Bonchev–Trinajstić information content (AvgIpc) is 2.65. The number of amides is 2. The van der Waals surface area contributed by atoms with Crippen molar-refractivity contribution in [3.8, 4) is 5.75 Å². The van der Waals surface area contributed by atoms with Crippen molar-refractivity contribution in [3.63, 3.8) is 0 Å². The van der Waals surface area contributed by atoms with E-state index in [1.165, 1.54) is 5.56 Å². The van der Waals surface area contributed by atoms with Gasteiger partial charge in [0, 0.05) is 26.7 Å². The van der Waals surface area contributed by atoms with E-state index in [0.717, 1.165) is 44.8 Å². The predicted octanol–water partition coefficient (Wildman–Crippen LogP) is 2.32. The van der Waals surface area contributed by atoms with E-state index < -0.39 is 0 Å². The molecule has 1 fully saturated rings. The van der Waals surface area contributed by atoms with Crippen LogP contribution in [0.5, 0.6) is 5.75 Å². The number of nitrogens with one attached hydrogen (secondary N) is 1. The number of carbonyl (C=O) groups excluding carboxylic acids is 1. The first-order chi connectivity index (χ1) is 12.5. The minimum atomic E-state index is -0.375. The molecule has 1 atom stereocenters. The lowest BCUT2D eigenvalue weighted by atomic mass is 9.96. The second kappa shape index (κ2) is 10.4. The van der Waals surface area contributed by atoms with Gasteiger partial charge in [0.25, 0.3) is 0 Å². The molecule has 2 rings (SSSR count). The van der Waals surface area contributed by atoms with Crippen LogP contribution in [0.15, 0.2) is 24.3 Å². The fourth-order valence-electron chi connectivity index (χ4n) is 3.19. The molecule has 6 heteroatoms. The summed E-state index contributed by atoms with van der Waals surface area (Å²) in [6, 6.07) is 8.20. The highest BCUT2D eigenvalue weighted by Gasteiger charge is 2.20. The molecule has 146 valence electrons. The Hall–Kier alpha value is -1.79. The Morgan fingerprint density at radius 1 is 1.35 bits per heavy atom. The molecule has 26 heavy (non-hydrogen) atoms. The van der Waals surface area contributed by atoms with Gasteiger partial charge in [-0.25, -0.2) is 4.79 Å². The number of aliphatic hydroxyl groups is 1. The lowest BCUT2D eigenvalue weighted by Gasteiger charge is -2.32. The Balaban J connectivity index is 1.65. The van der Waals surface area contributed by atoms with Gasteiger partial charge < -0.3 is 20.1 Å². The maximum Gasteiger partial charge on any atom is 0.317 e. The Bertz CT molecular complexity index is 540. The second-order valence-corrected chi connectivity index (χ2v) is 7.31. The number of likely N-dealkylation sites (tertiary alicyclic amines) is 1. The molecule has 1 saturated heterocycles. The van der Waals surface area contributed by atoms with Gasteiger partial charge in [-0.1, -0.05) is 12.1 Å². The van der Waals surface area contributed by atoms with Crippen molar-refractivity contribution in [1.82, 2.24) is 15.1 Å². The minimum Gasteiger partial charge on any atom is -0.497 e. The summed E-state index contributed by atoms with van der Waals surface area (Å²) < 4.78 is 5.20. The predicted molar refractivity (Wildman–Crippen MR) is 103 cm³/mol. The fraction of sp³-hybridized carbons (Fsp3) is 0.650. The molecule has 0 aromatic heterocycles. The quantitative estimate of drug-likeness (QED) is 0.744. The third-order valence-corrected chi connectivity index (χ3v) is 5.04. The van der Waals surface area contributed by atoms with Crippen molar-refractivity contribution in [3.05, 3.63) is 29.8 Å². The number of aliphatic hydroxyl groups excluding tert-OH is 1. The Morgan fingerprint density at radius 3 is 2.58 bits per heavy atom. The Morgan fingerprint density at radius 2 is 2.00 bits per heavy atom. The van der Waals surface area contributed by atoms with E-state index in [0.29, 0.717) is 18.9 Å². The molecule has 1 aliphatic rings. The number of benzene rings is 1. The molecule has 1 heterocycles. The van der Waals surface area contributed by atoms with Gasteiger partial charge in [0.2, 0.25) is 0 Å². The summed E-state index contributed by atoms with van der Waals surface area (Å²) in [5.41, 5.74) is 1.30. The van der Waals surface area contributed by atoms with Gasteiger partial charge in [0.1, 0.15) is 5.75 Å². The van der Waals surface area contributed by atoms with Crippen LogP contribution in [-0.4, -0.2) is 67.4 Å². The molecule has 2 amide bonds. The van der Waals surface area contributed by atoms with E-state index in [9.17, 15) is 9.90 Å². The van der Waals surface area contributed by atoms with Crippen LogP contribution in [0.1, 0.15) is 31.7 Å². The monoisotopic (exact) mass is 363 g/mol. The molecule has 0 bridgehead atoms. The first-order valence-corrected chi connectivity index (χ1v) is 9.50. The van der Waals surface area contributed by atoms with E-state index in [-0.39, 0.29) is 12.1 Å². The molecular weight excluding hydrogens is 330 g/mol. The van der Waals surface area contributed by atoms with Gasteiger partial charge >= 0.3 is 6.03 Å². The lowest BCUT2D eigenvalue weighted by Crippen LogP contribution is -2.43. The van der Waals surface area contributed by atoms with Gasteiger partial charge in [-0.05, 0) is 62.9 Å². The van der Waals surface area contributed by atoms with Crippen LogP contribution in [0.3, 0.4) is 0 Å². The first kappa shape index (κ1) is 20.5. The zero-order chi connectivity index (χ0) is 18.9. The maximum absolute atomic E-state index is 12.1. The van der Waals surface area contributed by atoms with E-state index in [1.54, 1.807) is 26.0 Å². The molecule has 0 spiro atoms. The van der Waals surface area contributed by atoms with Crippen LogP contribution in [0.4, 0.5) is 4.79 Å². The SMILES string of the molecule is COc1ccc(CN2CCC(CNC(=O)N(C)CCC(C)O)CC2)cc1. The van der Waals surface area contributed by atoms with Crippen LogP contribution in [0.2, 0.25) is 0 Å². The zero-order valence-electron chi connectivity index (χ0n) is 16.3. The highest BCUT2D eigenvalue weighted by atomic mass is 16.5. The number of nitrogens with zero attached hydrogens (tertiary/aromatic N) is 2. The highest BCUT2D eigenvalue weighted by molar-refractivity contribution is 5.73. The third kappa shape index (κ3) is 6.84. The summed E-state index contributed by atoms with van der Waals surface area (Å²) in [6.45, 7) is 6.13.